The normalized spacial score (nSPS) is 18.8. The zero-order valence-corrected chi connectivity index (χ0v) is 10.1. The van der Waals surface area contributed by atoms with Crippen LogP contribution in [0.5, 0.6) is 0 Å². The van der Waals surface area contributed by atoms with Crippen molar-refractivity contribution in [3.63, 3.8) is 0 Å². The van der Waals surface area contributed by atoms with E-state index in [1.165, 1.54) is 9.80 Å². The van der Waals surface area contributed by atoms with Gasteiger partial charge in [0.1, 0.15) is 6.04 Å². The third-order valence-corrected chi connectivity index (χ3v) is 2.83. The van der Waals surface area contributed by atoms with Gasteiger partial charge in [-0.2, -0.15) is 0 Å². The van der Waals surface area contributed by atoms with Gasteiger partial charge in [-0.1, -0.05) is 12.8 Å². The SMILES string of the molecule is C#CCN(CCC)C(=O)N1CCC[C@@H]1C(=O)O. The van der Waals surface area contributed by atoms with Gasteiger partial charge in [0.15, 0.2) is 0 Å². The largest absolute Gasteiger partial charge is 0.480 e. The van der Waals surface area contributed by atoms with Crippen molar-refractivity contribution in [2.75, 3.05) is 19.6 Å². The molecular weight excluding hydrogens is 220 g/mol. The van der Waals surface area contributed by atoms with Gasteiger partial charge in [0.05, 0.1) is 6.54 Å². The smallest absolute Gasteiger partial charge is 0.326 e. The Labute approximate surface area is 101 Å². The van der Waals surface area contributed by atoms with Crippen LogP contribution in [0.3, 0.4) is 0 Å². The summed E-state index contributed by atoms with van der Waals surface area (Å²) in [7, 11) is 0. The highest BCUT2D eigenvalue weighted by Gasteiger charge is 2.35. The molecule has 2 amide bonds. The third kappa shape index (κ3) is 3.13. The molecule has 1 saturated heterocycles. The van der Waals surface area contributed by atoms with E-state index in [1.807, 2.05) is 6.92 Å². The summed E-state index contributed by atoms with van der Waals surface area (Å²) < 4.78 is 0. The Morgan fingerprint density at radius 1 is 1.59 bits per heavy atom. The van der Waals surface area contributed by atoms with Crippen molar-refractivity contribution >= 4 is 12.0 Å². The summed E-state index contributed by atoms with van der Waals surface area (Å²) in [6.07, 6.45) is 7.28. The number of likely N-dealkylation sites (tertiary alicyclic amines) is 1. The molecule has 0 radical (unpaired) electrons. The number of carbonyl (C=O) groups excluding carboxylic acids is 1. The topological polar surface area (TPSA) is 60.9 Å². The highest BCUT2D eigenvalue weighted by molar-refractivity contribution is 5.83. The zero-order valence-electron chi connectivity index (χ0n) is 10.1. The van der Waals surface area contributed by atoms with Crippen LogP contribution in [-0.2, 0) is 4.79 Å². The number of rotatable bonds is 4. The molecule has 1 N–H and O–H groups in total. The summed E-state index contributed by atoms with van der Waals surface area (Å²) in [5, 5.41) is 9.02. The molecule has 0 saturated carbocycles. The first-order valence-electron chi connectivity index (χ1n) is 5.83. The zero-order chi connectivity index (χ0) is 12.8. The van der Waals surface area contributed by atoms with E-state index in [0.29, 0.717) is 19.5 Å². The van der Waals surface area contributed by atoms with Crippen molar-refractivity contribution < 1.29 is 14.7 Å². The number of aliphatic carboxylic acids is 1. The Morgan fingerprint density at radius 3 is 2.82 bits per heavy atom. The van der Waals surface area contributed by atoms with Crippen molar-refractivity contribution in [3.8, 4) is 12.3 Å². The Morgan fingerprint density at radius 2 is 2.29 bits per heavy atom. The molecule has 5 heteroatoms. The monoisotopic (exact) mass is 238 g/mol. The van der Waals surface area contributed by atoms with Crippen molar-refractivity contribution in [2.24, 2.45) is 0 Å². The molecule has 1 rings (SSSR count). The van der Waals surface area contributed by atoms with E-state index in [4.69, 9.17) is 11.5 Å². The number of carboxylic acids is 1. The summed E-state index contributed by atoms with van der Waals surface area (Å²) in [5.41, 5.74) is 0. The lowest BCUT2D eigenvalue weighted by Gasteiger charge is -2.28. The van der Waals surface area contributed by atoms with Crippen molar-refractivity contribution in [1.29, 1.82) is 0 Å². The Kier molecular flexibility index (Phi) is 4.83. The van der Waals surface area contributed by atoms with Gasteiger partial charge in [-0.15, -0.1) is 6.42 Å². The molecule has 17 heavy (non-hydrogen) atoms. The molecule has 1 atom stereocenters. The predicted molar refractivity (Wildman–Crippen MR) is 63.5 cm³/mol. The first-order chi connectivity index (χ1) is 8.11. The minimum absolute atomic E-state index is 0.232. The molecule has 1 aliphatic rings. The average molecular weight is 238 g/mol. The summed E-state index contributed by atoms with van der Waals surface area (Å²) in [5.74, 6) is 1.50. The second kappa shape index (κ2) is 6.14. The van der Waals surface area contributed by atoms with Crippen molar-refractivity contribution in [3.05, 3.63) is 0 Å². The molecule has 1 heterocycles. The molecule has 0 aromatic carbocycles. The Balaban J connectivity index is 2.72. The molecule has 0 aliphatic carbocycles. The lowest BCUT2D eigenvalue weighted by atomic mass is 10.2. The highest BCUT2D eigenvalue weighted by atomic mass is 16.4. The van der Waals surface area contributed by atoms with Gasteiger partial charge < -0.3 is 14.9 Å². The van der Waals surface area contributed by atoms with Gasteiger partial charge in [-0.05, 0) is 19.3 Å². The van der Waals surface area contributed by atoms with Gasteiger partial charge in [0.2, 0.25) is 0 Å². The maximum absolute atomic E-state index is 12.1. The minimum atomic E-state index is -0.937. The van der Waals surface area contributed by atoms with Crippen LogP contribution in [-0.4, -0.2) is 52.6 Å². The minimum Gasteiger partial charge on any atom is -0.480 e. The van der Waals surface area contributed by atoms with E-state index in [9.17, 15) is 9.59 Å². The average Bonchev–Trinajstić information content (AvgIpc) is 2.76. The molecule has 5 nitrogen and oxygen atoms in total. The molecule has 0 spiro atoms. The summed E-state index contributed by atoms with van der Waals surface area (Å²) in [6.45, 7) is 3.25. The van der Waals surface area contributed by atoms with Crippen LogP contribution in [0, 0.1) is 12.3 Å². The number of amides is 2. The van der Waals surface area contributed by atoms with Gasteiger partial charge >= 0.3 is 12.0 Å². The van der Waals surface area contributed by atoms with Crippen molar-refractivity contribution in [1.82, 2.24) is 9.80 Å². The first-order valence-corrected chi connectivity index (χ1v) is 5.83. The molecule has 0 aromatic heterocycles. The molecular formula is C12H18N2O3. The van der Waals surface area contributed by atoms with E-state index in [0.717, 1.165) is 12.8 Å². The van der Waals surface area contributed by atoms with Crippen molar-refractivity contribution in [2.45, 2.75) is 32.2 Å². The Hall–Kier alpha value is -1.70. The Bertz CT molecular complexity index is 335. The highest BCUT2D eigenvalue weighted by Crippen LogP contribution is 2.19. The molecule has 0 bridgehead atoms. The molecule has 1 fully saturated rings. The van der Waals surface area contributed by atoms with E-state index < -0.39 is 12.0 Å². The number of hydrogen-bond donors (Lipinski definition) is 1. The van der Waals surface area contributed by atoms with E-state index >= 15 is 0 Å². The molecule has 1 aliphatic heterocycles. The number of nitrogens with zero attached hydrogens (tertiary/aromatic N) is 2. The molecule has 0 aromatic rings. The van der Waals surface area contributed by atoms with Crippen LogP contribution in [0.25, 0.3) is 0 Å². The lowest BCUT2D eigenvalue weighted by Crippen LogP contribution is -2.48. The second-order valence-corrected chi connectivity index (χ2v) is 4.10. The van der Waals surface area contributed by atoms with E-state index in [-0.39, 0.29) is 12.6 Å². The lowest BCUT2D eigenvalue weighted by molar-refractivity contribution is -0.141. The van der Waals surface area contributed by atoms with Crippen LogP contribution in [0.15, 0.2) is 0 Å². The van der Waals surface area contributed by atoms with Crippen LogP contribution in [0.2, 0.25) is 0 Å². The van der Waals surface area contributed by atoms with Gasteiger partial charge in [0, 0.05) is 13.1 Å². The number of urea groups is 1. The van der Waals surface area contributed by atoms with Crippen LogP contribution in [0.1, 0.15) is 26.2 Å². The van der Waals surface area contributed by atoms with Gasteiger partial charge in [-0.25, -0.2) is 9.59 Å². The maximum Gasteiger partial charge on any atom is 0.326 e. The summed E-state index contributed by atoms with van der Waals surface area (Å²) >= 11 is 0. The fourth-order valence-corrected chi connectivity index (χ4v) is 2.06. The summed E-state index contributed by atoms with van der Waals surface area (Å²) in [6, 6.07) is -0.950. The van der Waals surface area contributed by atoms with Gasteiger partial charge in [0.25, 0.3) is 0 Å². The number of carbonyl (C=O) groups is 2. The second-order valence-electron chi connectivity index (χ2n) is 4.10. The van der Waals surface area contributed by atoms with Gasteiger partial charge in [-0.3, -0.25) is 0 Å². The van der Waals surface area contributed by atoms with Crippen LogP contribution >= 0.6 is 0 Å². The quantitative estimate of drug-likeness (QED) is 0.743. The third-order valence-electron chi connectivity index (χ3n) is 2.83. The van der Waals surface area contributed by atoms with E-state index in [1.54, 1.807) is 0 Å². The number of carboxylic acid groups (broad SMARTS) is 1. The standard InChI is InChI=1S/C12H18N2O3/c1-3-7-13(8-4-2)12(17)14-9-5-6-10(14)11(15)16/h1,10H,4-9H2,2H3,(H,15,16)/t10-/m1/s1. The first kappa shape index (κ1) is 13.4. The van der Waals surface area contributed by atoms with Crippen LogP contribution < -0.4 is 0 Å². The maximum atomic E-state index is 12.1. The van der Waals surface area contributed by atoms with E-state index in [2.05, 4.69) is 5.92 Å². The van der Waals surface area contributed by atoms with Crippen LogP contribution in [0.4, 0.5) is 4.79 Å². The predicted octanol–water partition coefficient (Wildman–Crippen LogP) is 1.00. The fourth-order valence-electron chi connectivity index (χ4n) is 2.06. The number of terminal acetylenes is 1. The fraction of sp³-hybridized carbons (Fsp3) is 0.667. The molecule has 0 unspecified atom stereocenters. The number of hydrogen-bond acceptors (Lipinski definition) is 2. The molecule has 94 valence electrons. The summed E-state index contributed by atoms with van der Waals surface area (Å²) in [4.78, 5) is 26.1.